The van der Waals surface area contributed by atoms with Crippen molar-refractivity contribution in [3.63, 3.8) is 0 Å². The lowest BCUT2D eigenvalue weighted by molar-refractivity contribution is -0.189. The Morgan fingerprint density at radius 2 is 1.68 bits per heavy atom. The van der Waals surface area contributed by atoms with Crippen LogP contribution >= 0.6 is 0 Å². The van der Waals surface area contributed by atoms with E-state index >= 15 is 0 Å². The number of aromatic hydroxyl groups is 1. The average molecular weight is 829 g/mol. The number of phenolic OH excluding ortho intramolecular Hbond substituents is 1. The first kappa shape index (κ1) is 42.8. The Balaban J connectivity index is 0.947. The predicted octanol–water partition coefficient (Wildman–Crippen LogP) is 6.82. The second-order valence-corrected chi connectivity index (χ2v) is 20.9. The van der Waals surface area contributed by atoms with Gasteiger partial charge in [0.25, 0.3) is 0 Å². The van der Waals surface area contributed by atoms with Crippen molar-refractivity contribution in [3.8, 4) is 5.75 Å². The van der Waals surface area contributed by atoms with Crippen molar-refractivity contribution in [2.45, 2.75) is 142 Å². The number of phenols is 1. The number of nitrogens with one attached hydrogen (secondary N) is 1. The molecule has 6 unspecified atom stereocenters. The number of ether oxygens (including phenoxy) is 1. The fourth-order valence-corrected chi connectivity index (χ4v) is 14.5. The number of hydrogen-bond donors (Lipinski definition) is 5. The molecule has 0 heterocycles. The molecule has 12 heteroatoms. The van der Waals surface area contributed by atoms with Gasteiger partial charge >= 0.3 is 6.09 Å². The van der Waals surface area contributed by atoms with Gasteiger partial charge in [0, 0.05) is 24.7 Å². The molecule has 5 fully saturated rings. The van der Waals surface area contributed by atoms with Crippen molar-refractivity contribution in [3.05, 3.63) is 34.9 Å². The number of ketones is 4. The number of amides is 2. The first-order valence-corrected chi connectivity index (χ1v) is 22.6. The third-order valence-electron chi connectivity index (χ3n) is 17.6. The Bertz CT molecular complexity index is 2040. The summed E-state index contributed by atoms with van der Waals surface area (Å²) in [6, 6.07) is 2.95. The molecule has 12 nitrogen and oxygen atoms in total. The molecule has 0 bridgehead atoms. The van der Waals surface area contributed by atoms with Gasteiger partial charge in [0.05, 0.1) is 23.3 Å². The molecule has 5 saturated carbocycles. The maximum Gasteiger partial charge on any atom is 0.412 e. The third-order valence-corrected chi connectivity index (χ3v) is 17.6. The van der Waals surface area contributed by atoms with E-state index in [-0.39, 0.29) is 22.8 Å². The van der Waals surface area contributed by atoms with Gasteiger partial charge in [-0.2, -0.15) is 0 Å². The molecule has 0 aliphatic heterocycles. The minimum atomic E-state index is -3.01. The number of carbonyl (C=O) groups is 6. The number of aliphatic hydroxyl groups is 2. The molecule has 6 N–H and O–H groups in total. The number of benzene rings is 1. The zero-order valence-corrected chi connectivity index (χ0v) is 36.0. The molecule has 7 aliphatic carbocycles. The predicted molar refractivity (Wildman–Crippen MR) is 222 cm³/mol. The van der Waals surface area contributed by atoms with Crippen LogP contribution in [0.4, 0.5) is 10.5 Å². The van der Waals surface area contributed by atoms with E-state index in [4.69, 9.17) is 10.5 Å². The maximum absolute atomic E-state index is 14.2. The minimum absolute atomic E-state index is 0.0586. The molecule has 7 aliphatic rings. The number of hydrogen-bond acceptors (Lipinski definition) is 10. The van der Waals surface area contributed by atoms with Crippen LogP contribution in [-0.4, -0.2) is 68.3 Å². The van der Waals surface area contributed by atoms with Gasteiger partial charge in [-0.15, -0.1) is 0 Å². The lowest BCUT2D eigenvalue weighted by atomic mass is 9.47. The quantitative estimate of drug-likeness (QED) is 0.105. The van der Waals surface area contributed by atoms with Crippen LogP contribution in [0.3, 0.4) is 0 Å². The van der Waals surface area contributed by atoms with Crippen molar-refractivity contribution in [1.82, 2.24) is 0 Å². The summed E-state index contributed by atoms with van der Waals surface area (Å²) in [4.78, 5) is 79.7. The van der Waals surface area contributed by atoms with Crippen LogP contribution in [0.2, 0.25) is 0 Å². The summed E-state index contributed by atoms with van der Waals surface area (Å²) in [6.45, 7) is 13.8. The first-order valence-electron chi connectivity index (χ1n) is 22.6. The summed E-state index contributed by atoms with van der Waals surface area (Å²) in [6.07, 6.45) is 11.4. The van der Waals surface area contributed by atoms with E-state index in [2.05, 4.69) is 46.0 Å². The van der Waals surface area contributed by atoms with E-state index in [0.717, 1.165) is 36.5 Å². The maximum atomic E-state index is 14.2. The van der Waals surface area contributed by atoms with Crippen molar-refractivity contribution in [2.24, 2.45) is 75.7 Å². The minimum Gasteiger partial charge on any atom is -0.505 e. The molecule has 0 aromatic heterocycles. The molecule has 0 radical (unpaired) electrons. The molecule has 326 valence electrons. The Hall–Kier alpha value is -3.90. The molecule has 0 spiro atoms. The van der Waals surface area contributed by atoms with Crippen LogP contribution in [0.1, 0.15) is 140 Å². The number of carbonyl (C=O) groups excluding carboxylic acids is 6. The summed E-state index contributed by atoms with van der Waals surface area (Å²) in [5.41, 5.74) is 3.97. The molecular formula is C48H64N2O10. The zero-order chi connectivity index (χ0) is 43.4. The normalized spacial score (nSPS) is 41.2. The van der Waals surface area contributed by atoms with Gasteiger partial charge in [-0.1, -0.05) is 78.5 Å². The first-order chi connectivity index (χ1) is 28.2. The highest BCUT2D eigenvalue weighted by atomic mass is 16.6. The van der Waals surface area contributed by atoms with E-state index in [1.165, 1.54) is 62.7 Å². The monoisotopic (exact) mass is 828 g/mol. The second-order valence-electron chi connectivity index (χ2n) is 20.9. The summed E-state index contributed by atoms with van der Waals surface area (Å²) in [7, 11) is 0. The van der Waals surface area contributed by atoms with Crippen molar-refractivity contribution in [1.29, 1.82) is 0 Å². The van der Waals surface area contributed by atoms with E-state index < -0.39 is 88.6 Å². The van der Waals surface area contributed by atoms with Gasteiger partial charge in [-0.3, -0.25) is 29.3 Å². The highest BCUT2D eigenvalue weighted by molar-refractivity contribution is 6.31. The molecule has 0 saturated heterocycles. The van der Waals surface area contributed by atoms with Gasteiger partial charge in [0.2, 0.25) is 5.91 Å². The van der Waals surface area contributed by atoms with Crippen LogP contribution in [0, 0.1) is 70.0 Å². The lowest BCUT2D eigenvalue weighted by Crippen LogP contribution is -2.72. The topological polar surface area (TPSA) is 210 Å². The SMILES string of the molecule is CC(C)CCC[C@H](C)[C@H]1CCC2C3CC=C4CC(OC(=O)Nc5ccc6c(c5O)C(=O)C5C(=O)[C@]7(O)C(=O)C(C(N)=O)C(=O)C[C@@H]7[C@@H](O)[C@@H]5[C@H]6C)CC[C@]4(C)C3CC[C@@]21C. The number of nitrogens with two attached hydrogens (primary N) is 1. The number of allylic oxidation sites excluding steroid dienone is 1. The molecule has 15 atom stereocenters. The third kappa shape index (κ3) is 6.34. The van der Waals surface area contributed by atoms with Gasteiger partial charge in [0.1, 0.15) is 11.9 Å². The number of fused-ring (bicyclic) bond motifs is 8. The smallest absolute Gasteiger partial charge is 0.412 e. The molecule has 1 aromatic rings. The number of rotatable bonds is 8. The Morgan fingerprint density at radius 3 is 2.38 bits per heavy atom. The van der Waals surface area contributed by atoms with E-state index in [9.17, 15) is 44.1 Å². The zero-order valence-electron chi connectivity index (χ0n) is 36.0. The Kier molecular flexibility index (Phi) is 10.8. The Labute approximate surface area is 352 Å². The summed E-state index contributed by atoms with van der Waals surface area (Å²) in [5, 5.41) is 37.1. The Morgan fingerprint density at radius 1 is 0.950 bits per heavy atom. The summed E-state index contributed by atoms with van der Waals surface area (Å²) in [5.74, 6) is -9.56. The summed E-state index contributed by atoms with van der Waals surface area (Å²) < 4.78 is 5.97. The van der Waals surface area contributed by atoms with Crippen LogP contribution < -0.4 is 11.1 Å². The highest BCUT2D eigenvalue weighted by Gasteiger charge is 2.70. The standard InChI is InChI=1S/C48H64N2O10/c1-22(2)8-7-9-23(3)29-13-14-30-28-11-10-25-20-26(16-18-46(25,5)31(28)17-19-47(29,30)6)60-45(58)50-33-15-12-27-24(4)35-38(41(54)36(27)40(33)53)43(56)48(59)32(39(35)52)21-34(51)37(42(48)55)44(49)57/h10,12,15,22-24,26,28-32,35,37-39,52-53,59H,7-9,11,13-14,16-21H2,1-6H3,(H2,49,57)(H,50,58)/t23-,24-,26?,28?,29+,30?,31?,32+,35+,37?,38?,39+,46-,47+,48+/m0/s1. The fourth-order valence-electron chi connectivity index (χ4n) is 14.5. The molecule has 1 aromatic carbocycles. The average Bonchev–Trinajstić information content (AvgIpc) is 3.54. The van der Waals surface area contributed by atoms with Crippen molar-refractivity contribution >= 4 is 40.8 Å². The second kappa shape index (κ2) is 15.2. The fraction of sp³-hybridized carbons (Fsp3) is 0.708. The van der Waals surface area contributed by atoms with Crippen LogP contribution in [-0.2, 0) is 23.9 Å². The summed E-state index contributed by atoms with van der Waals surface area (Å²) >= 11 is 0. The van der Waals surface area contributed by atoms with Gasteiger partial charge in [-0.05, 0) is 109 Å². The van der Waals surface area contributed by atoms with Crippen molar-refractivity contribution in [2.75, 3.05) is 5.32 Å². The molecule has 60 heavy (non-hydrogen) atoms. The number of aliphatic hydroxyl groups excluding tert-OH is 1. The van der Waals surface area contributed by atoms with Crippen LogP contribution in [0.25, 0.3) is 0 Å². The molecule has 2 amide bonds. The van der Waals surface area contributed by atoms with E-state index in [0.29, 0.717) is 35.7 Å². The lowest BCUT2D eigenvalue weighted by Gasteiger charge is -2.58. The van der Waals surface area contributed by atoms with Gasteiger partial charge < -0.3 is 25.8 Å². The highest BCUT2D eigenvalue weighted by Crippen LogP contribution is 2.67. The largest absolute Gasteiger partial charge is 0.505 e. The van der Waals surface area contributed by atoms with Gasteiger partial charge in [-0.25, -0.2) is 4.79 Å². The number of Topliss-reactive ketones (excluding diaryl/α,β-unsaturated/α-hetero) is 4. The van der Waals surface area contributed by atoms with E-state index in [1.54, 1.807) is 6.92 Å². The molecular weight excluding hydrogens is 765 g/mol. The van der Waals surface area contributed by atoms with Crippen molar-refractivity contribution < 1.29 is 48.8 Å². The van der Waals surface area contributed by atoms with Gasteiger partial charge in [0.15, 0.2) is 34.7 Å². The van der Waals surface area contributed by atoms with Crippen LogP contribution in [0.5, 0.6) is 5.75 Å². The molecule has 8 rings (SSSR count). The number of anilines is 1. The van der Waals surface area contributed by atoms with Crippen LogP contribution in [0.15, 0.2) is 23.8 Å². The number of primary amides is 1. The van der Waals surface area contributed by atoms with E-state index in [1.807, 2.05) is 0 Å².